The molecule has 2 aromatic rings. The molecule has 106 valence electrons. The Morgan fingerprint density at radius 3 is 2.62 bits per heavy atom. The summed E-state index contributed by atoms with van der Waals surface area (Å²) in [5.74, 6) is 0.265. The molecule has 6 nitrogen and oxygen atoms in total. The summed E-state index contributed by atoms with van der Waals surface area (Å²) in [4.78, 5) is 16.8. The molecule has 0 fully saturated rings. The number of benzene rings is 1. The Morgan fingerprint density at radius 2 is 2.00 bits per heavy atom. The Morgan fingerprint density at radius 1 is 1.29 bits per heavy atom. The third-order valence-electron chi connectivity index (χ3n) is 2.96. The van der Waals surface area contributed by atoms with Gasteiger partial charge in [-0.3, -0.25) is 10.1 Å². The van der Waals surface area contributed by atoms with Crippen molar-refractivity contribution >= 4 is 17.2 Å². The smallest absolute Gasteiger partial charge is 0.311 e. The van der Waals surface area contributed by atoms with Gasteiger partial charge in [0.25, 0.3) is 0 Å². The summed E-state index contributed by atoms with van der Waals surface area (Å²) in [6.07, 6.45) is 0.252. The minimum atomic E-state index is -0.454. The Hall–Kier alpha value is -2.94. The Kier molecular flexibility index (Phi) is 4.46. The number of anilines is 2. The van der Waals surface area contributed by atoms with E-state index < -0.39 is 4.92 Å². The van der Waals surface area contributed by atoms with Crippen LogP contribution in [-0.4, -0.2) is 16.5 Å². The minimum absolute atomic E-state index is 0.0672. The fourth-order valence-corrected chi connectivity index (χ4v) is 2.00. The van der Waals surface area contributed by atoms with Crippen molar-refractivity contribution in [2.45, 2.75) is 13.3 Å². The summed E-state index contributed by atoms with van der Waals surface area (Å²) >= 11 is 0. The van der Waals surface area contributed by atoms with E-state index in [1.165, 1.54) is 6.07 Å². The molecule has 0 aliphatic heterocycles. The lowest BCUT2D eigenvalue weighted by molar-refractivity contribution is -0.384. The lowest BCUT2D eigenvalue weighted by Gasteiger charge is -2.22. The van der Waals surface area contributed by atoms with E-state index in [4.69, 9.17) is 5.26 Å². The Labute approximate surface area is 122 Å². The molecule has 0 saturated carbocycles. The monoisotopic (exact) mass is 282 g/mol. The number of pyridine rings is 1. The number of hydrogen-bond donors (Lipinski definition) is 0. The van der Waals surface area contributed by atoms with E-state index in [1.54, 1.807) is 17.9 Å². The van der Waals surface area contributed by atoms with Gasteiger partial charge >= 0.3 is 5.69 Å². The maximum absolute atomic E-state index is 11.2. The molecule has 0 atom stereocenters. The van der Waals surface area contributed by atoms with Crippen molar-refractivity contribution < 1.29 is 4.92 Å². The van der Waals surface area contributed by atoms with Crippen molar-refractivity contribution in [1.29, 1.82) is 5.26 Å². The summed E-state index contributed by atoms with van der Waals surface area (Å²) in [6, 6.07) is 14.3. The zero-order chi connectivity index (χ0) is 15.2. The van der Waals surface area contributed by atoms with E-state index >= 15 is 0 Å². The molecule has 0 radical (unpaired) electrons. The SMILES string of the molecule is Cc1ccc([N+](=O)[O-])c(N(CCC#N)c2ccccc2)n1. The van der Waals surface area contributed by atoms with Gasteiger partial charge in [0.15, 0.2) is 0 Å². The fourth-order valence-electron chi connectivity index (χ4n) is 2.00. The largest absolute Gasteiger partial charge is 0.320 e. The highest BCUT2D eigenvalue weighted by Gasteiger charge is 2.22. The van der Waals surface area contributed by atoms with Crippen LogP contribution in [0.5, 0.6) is 0 Å². The molecule has 21 heavy (non-hydrogen) atoms. The second-order valence-electron chi connectivity index (χ2n) is 4.45. The maximum atomic E-state index is 11.2. The van der Waals surface area contributed by atoms with Gasteiger partial charge < -0.3 is 4.90 Å². The van der Waals surface area contributed by atoms with Crippen LogP contribution in [-0.2, 0) is 0 Å². The lowest BCUT2D eigenvalue weighted by atomic mass is 10.2. The van der Waals surface area contributed by atoms with E-state index in [9.17, 15) is 10.1 Å². The third-order valence-corrected chi connectivity index (χ3v) is 2.96. The number of nitro groups is 1. The van der Waals surface area contributed by atoms with E-state index in [0.29, 0.717) is 12.2 Å². The maximum Gasteiger partial charge on any atom is 0.311 e. The molecule has 2 rings (SSSR count). The average molecular weight is 282 g/mol. The molecule has 0 saturated heterocycles. The average Bonchev–Trinajstić information content (AvgIpc) is 2.48. The number of aryl methyl sites for hydroxylation is 1. The third kappa shape index (κ3) is 3.34. The molecule has 1 aromatic carbocycles. The van der Waals surface area contributed by atoms with Gasteiger partial charge in [0.2, 0.25) is 5.82 Å². The molecule has 0 unspecified atom stereocenters. The Balaban J connectivity index is 2.53. The van der Waals surface area contributed by atoms with E-state index in [-0.39, 0.29) is 17.9 Å². The van der Waals surface area contributed by atoms with Crippen LogP contribution >= 0.6 is 0 Å². The molecule has 0 aliphatic rings. The van der Waals surface area contributed by atoms with Crippen molar-refractivity contribution in [3.8, 4) is 6.07 Å². The highest BCUT2D eigenvalue weighted by molar-refractivity contribution is 5.68. The molecule has 0 bridgehead atoms. The summed E-state index contributed by atoms with van der Waals surface area (Å²) in [5, 5.41) is 20.0. The highest BCUT2D eigenvalue weighted by Crippen LogP contribution is 2.31. The number of para-hydroxylation sites is 1. The number of nitrogens with zero attached hydrogens (tertiary/aromatic N) is 4. The summed E-state index contributed by atoms with van der Waals surface area (Å²) < 4.78 is 0. The second-order valence-corrected chi connectivity index (χ2v) is 4.45. The molecule has 1 aromatic heterocycles. The number of hydrogen-bond acceptors (Lipinski definition) is 5. The van der Waals surface area contributed by atoms with Crippen LogP contribution in [0.3, 0.4) is 0 Å². The highest BCUT2D eigenvalue weighted by atomic mass is 16.6. The zero-order valence-electron chi connectivity index (χ0n) is 11.6. The molecular weight excluding hydrogens is 268 g/mol. The Bertz CT molecular complexity index is 680. The van der Waals surface area contributed by atoms with Gasteiger partial charge in [-0.2, -0.15) is 5.26 Å². The first kappa shape index (κ1) is 14.5. The molecular formula is C15H14N4O2. The number of nitriles is 1. The molecule has 0 spiro atoms. The quantitative estimate of drug-likeness (QED) is 0.620. The normalized spacial score (nSPS) is 9.90. The van der Waals surface area contributed by atoms with Crippen LogP contribution in [0.2, 0.25) is 0 Å². The number of aromatic nitrogens is 1. The van der Waals surface area contributed by atoms with Crippen molar-refractivity contribution in [2.75, 3.05) is 11.4 Å². The molecule has 0 N–H and O–H groups in total. The van der Waals surface area contributed by atoms with Crippen LogP contribution in [0, 0.1) is 28.4 Å². The van der Waals surface area contributed by atoms with E-state index in [2.05, 4.69) is 11.1 Å². The molecule has 6 heteroatoms. The summed E-state index contributed by atoms with van der Waals surface area (Å²) in [6.45, 7) is 2.12. The first-order valence-electron chi connectivity index (χ1n) is 6.45. The van der Waals surface area contributed by atoms with Crippen LogP contribution in [0.4, 0.5) is 17.2 Å². The van der Waals surface area contributed by atoms with Crippen molar-refractivity contribution in [2.24, 2.45) is 0 Å². The van der Waals surface area contributed by atoms with Crippen molar-refractivity contribution in [1.82, 2.24) is 4.98 Å². The molecule has 0 aliphatic carbocycles. The van der Waals surface area contributed by atoms with Gasteiger partial charge in [-0.05, 0) is 25.1 Å². The predicted octanol–water partition coefficient (Wildman–Crippen LogP) is 3.35. The standard InChI is InChI=1S/C15H14N4O2/c1-12-8-9-14(19(20)21)15(17-12)18(11-5-10-16)13-6-3-2-4-7-13/h2-4,6-9H,5,11H2,1H3. The van der Waals surface area contributed by atoms with Crippen LogP contribution < -0.4 is 4.90 Å². The van der Waals surface area contributed by atoms with E-state index in [0.717, 1.165) is 5.69 Å². The topological polar surface area (TPSA) is 83.1 Å². The van der Waals surface area contributed by atoms with Crippen LogP contribution in [0.1, 0.15) is 12.1 Å². The number of rotatable bonds is 5. The van der Waals surface area contributed by atoms with E-state index in [1.807, 2.05) is 30.3 Å². The molecule has 0 amide bonds. The van der Waals surface area contributed by atoms with Gasteiger partial charge in [0.1, 0.15) is 0 Å². The van der Waals surface area contributed by atoms with Crippen molar-refractivity contribution in [3.05, 3.63) is 58.3 Å². The second kappa shape index (κ2) is 6.48. The fraction of sp³-hybridized carbons (Fsp3) is 0.200. The minimum Gasteiger partial charge on any atom is -0.320 e. The summed E-state index contributed by atoms with van der Waals surface area (Å²) in [5.41, 5.74) is 1.39. The van der Waals surface area contributed by atoms with Gasteiger partial charge in [-0.25, -0.2) is 4.98 Å². The zero-order valence-corrected chi connectivity index (χ0v) is 11.6. The van der Waals surface area contributed by atoms with Crippen LogP contribution in [0.25, 0.3) is 0 Å². The summed E-state index contributed by atoms with van der Waals surface area (Å²) in [7, 11) is 0. The first-order valence-corrected chi connectivity index (χ1v) is 6.45. The molecule has 1 heterocycles. The predicted molar refractivity (Wildman–Crippen MR) is 79.3 cm³/mol. The lowest BCUT2D eigenvalue weighted by Crippen LogP contribution is -2.20. The van der Waals surface area contributed by atoms with Gasteiger partial charge in [0.05, 0.1) is 17.4 Å². The van der Waals surface area contributed by atoms with Crippen LogP contribution in [0.15, 0.2) is 42.5 Å². The first-order chi connectivity index (χ1) is 10.1. The van der Waals surface area contributed by atoms with Gasteiger partial charge in [-0.1, -0.05) is 18.2 Å². The van der Waals surface area contributed by atoms with Gasteiger partial charge in [-0.15, -0.1) is 0 Å². The van der Waals surface area contributed by atoms with Gasteiger partial charge in [0, 0.05) is 24.0 Å². The van der Waals surface area contributed by atoms with Crippen molar-refractivity contribution in [3.63, 3.8) is 0 Å².